The van der Waals surface area contributed by atoms with Crippen molar-refractivity contribution in [1.29, 1.82) is 0 Å². The number of hydrogen-bond acceptors (Lipinski definition) is 5. The Labute approximate surface area is 139 Å². The number of benzene rings is 1. The second-order valence-corrected chi connectivity index (χ2v) is 6.95. The third-order valence-corrected chi connectivity index (χ3v) is 5.27. The molecule has 1 aromatic carbocycles. The first kappa shape index (κ1) is 14.6. The molecule has 4 rings (SSSR count). The van der Waals surface area contributed by atoms with Gasteiger partial charge in [0.2, 0.25) is 0 Å². The maximum absolute atomic E-state index is 9.52. The number of aliphatic hydroxyl groups is 1. The molecule has 0 unspecified atom stereocenters. The molecule has 0 radical (unpaired) electrons. The van der Waals surface area contributed by atoms with Gasteiger partial charge in [-0.05, 0) is 42.3 Å². The van der Waals surface area contributed by atoms with E-state index in [1.54, 1.807) is 11.3 Å². The molecule has 1 fully saturated rings. The summed E-state index contributed by atoms with van der Waals surface area (Å²) in [5.74, 6) is 2.12. The number of piperidine rings is 1. The van der Waals surface area contributed by atoms with Gasteiger partial charge in [-0.2, -0.15) is 0 Å². The lowest BCUT2D eigenvalue weighted by Crippen LogP contribution is -2.37. The summed E-state index contributed by atoms with van der Waals surface area (Å²) >= 11 is 1.66. The van der Waals surface area contributed by atoms with Crippen LogP contribution in [0.15, 0.2) is 41.8 Å². The van der Waals surface area contributed by atoms with E-state index in [0.29, 0.717) is 5.92 Å². The van der Waals surface area contributed by atoms with Crippen LogP contribution in [0.4, 0.5) is 5.82 Å². The normalized spacial score (nSPS) is 18.5. The molecule has 1 atom stereocenters. The summed E-state index contributed by atoms with van der Waals surface area (Å²) in [7, 11) is 0. The van der Waals surface area contributed by atoms with Gasteiger partial charge in [0.1, 0.15) is 5.82 Å². The number of aromatic nitrogens is 2. The Morgan fingerprint density at radius 2 is 2.09 bits per heavy atom. The highest BCUT2D eigenvalue weighted by atomic mass is 32.1. The number of fused-ring (bicyclic) bond motifs is 1. The molecule has 118 valence electrons. The minimum Gasteiger partial charge on any atom is -0.396 e. The van der Waals surface area contributed by atoms with E-state index in [1.165, 1.54) is 0 Å². The first-order chi connectivity index (χ1) is 11.3. The van der Waals surface area contributed by atoms with Gasteiger partial charge in [0.25, 0.3) is 0 Å². The summed E-state index contributed by atoms with van der Waals surface area (Å²) in [4.78, 5) is 13.0. The number of para-hydroxylation sites is 1. The van der Waals surface area contributed by atoms with Crippen molar-refractivity contribution in [1.82, 2.24) is 9.97 Å². The maximum Gasteiger partial charge on any atom is 0.172 e. The minimum absolute atomic E-state index is 0.247. The summed E-state index contributed by atoms with van der Waals surface area (Å²) in [6, 6.07) is 12.3. The molecular weight excluding hydrogens is 306 g/mol. The summed E-state index contributed by atoms with van der Waals surface area (Å²) in [5, 5.41) is 12.7. The molecule has 1 saturated heterocycles. The van der Waals surface area contributed by atoms with Crippen molar-refractivity contribution in [3.63, 3.8) is 0 Å². The third kappa shape index (κ3) is 2.82. The number of rotatable bonds is 3. The number of aliphatic hydroxyl groups excluding tert-OH is 1. The fourth-order valence-electron chi connectivity index (χ4n) is 3.22. The van der Waals surface area contributed by atoms with Crippen LogP contribution in [0.3, 0.4) is 0 Å². The molecule has 4 nitrogen and oxygen atoms in total. The van der Waals surface area contributed by atoms with Crippen LogP contribution in [0.25, 0.3) is 21.6 Å². The van der Waals surface area contributed by atoms with Gasteiger partial charge >= 0.3 is 0 Å². The lowest BCUT2D eigenvalue weighted by Gasteiger charge is -2.33. The van der Waals surface area contributed by atoms with E-state index in [-0.39, 0.29) is 6.61 Å². The average molecular weight is 325 g/mol. The average Bonchev–Trinajstić information content (AvgIpc) is 3.15. The molecule has 0 spiro atoms. The van der Waals surface area contributed by atoms with Crippen LogP contribution in [-0.2, 0) is 0 Å². The molecule has 0 saturated carbocycles. The molecule has 1 aliphatic heterocycles. The zero-order valence-corrected chi connectivity index (χ0v) is 13.7. The van der Waals surface area contributed by atoms with E-state index in [2.05, 4.69) is 22.4 Å². The highest BCUT2D eigenvalue weighted by molar-refractivity contribution is 7.13. The standard InChI is InChI=1S/C18H19N3OS/c22-12-13-5-3-9-21(11-13)18-14-6-1-2-7-15(14)19-17(20-18)16-8-4-10-23-16/h1-2,4,6-8,10,13,22H,3,5,9,11-12H2/t13-/m0/s1. The van der Waals surface area contributed by atoms with Gasteiger partial charge in [0.15, 0.2) is 5.82 Å². The SMILES string of the molecule is OC[C@H]1CCCN(c2nc(-c3cccs3)nc3ccccc23)C1. The van der Waals surface area contributed by atoms with E-state index in [1.807, 2.05) is 24.3 Å². The molecule has 1 N–H and O–H groups in total. The van der Waals surface area contributed by atoms with Crippen LogP contribution in [0.1, 0.15) is 12.8 Å². The van der Waals surface area contributed by atoms with Crippen LogP contribution in [0.5, 0.6) is 0 Å². The Morgan fingerprint density at radius 3 is 2.91 bits per heavy atom. The number of hydrogen-bond donors (Lipinski definition) is 1. The fourth-order valence-corrected chi connectivity index (χ4v) is 3.88. The predicted octanol–water partition coefficient (Wildman–Crippen LogP) is 3.57. The quantitative estimate of drug-likeness (QED) is 0.800. The van der Waals surface area contributed by atoms with Crippen molar-refractivity contribution in [2.24, 2.45) is 5.92 Å². The number of anilines is 1. The Balaban J connectivity index is 1.83. The van der Waals surface area contributed by atoms with Crippen molar-refractivity contribution in [2.45, 2.75) is 12.8 Å². The largest absolute Gasteiger partial charge is 0.396 e. The van der Waals surface area contributed by atoms with Crippen LogP contribution in [-0.4, -0.2) is 34.8 Å². The van der Waals surface area contributed by atoms with Crippen LogP contribution in [0.2, 0.25) is 0 Å². The second kappa shape index (κ2) is 6.26. The molecule has 3 aromatic rings. The van der Waals surface area contributed by atoms with Crippen molar-refractivity contribution in [3.05, 3.63) is 41.8 Å². The third-order valence-electron chi connectivity index (χ3n) is 4.40. The summed E-state index contributed by atoms with van der Waals surface area (Å²) in [6.07, 6.45) is 2.19. The minimum atomic E-state index is 0.247. The predicted molar refractivity (Wildman–Crippen MR) is 94.9 cm³/mol. The molecule has 2 aromatic heterocycles. The van der Waals surface area contributed by atoms with Crippen molar-refractivity contribution >= 4 is 28.1 Å². The summed E-state index contributed by atoms with van der Waals surface area (Å²) < 4.78 is 0. The highest BCUT2D eigenvalue weighted by Crippen LogP contribution is 2.31. The van der Waals surface area contributed by atoms with Gasteiger partial charge in [0, 0.05) is 25.1 Å². The Bertz CT molecular complexity index is 803. The zero-order chi connectivity index (χ0) is 15.6. The van der Waals surface area contributed by atoms with E-state index >= 15 is 0 Å². The monoisotopic (exact) mass is 325 g/mol. The molecule has 3 heterocycles. The molecule has 5 heteroatoms. The van der Waals surface area contributed by atoms with Gasteiger partial charge in [-0.25, -0.2) is 9.97 Å². The van der Waals surface area contributed by atoms with E-state index in [0.717, 1.165) is 53.4 Å². The van der Waals surface area contributed by atoms with E-state index < -0.39 is 0 Å². The van der Waals surface area contributed by atoms with Crippen LogP contribution < -0.4 is 4.90 Å². The number of thiophene rings is 1. The van der Waals surface area contributed by atoms with Crippen LogP contribution >= 0.6 is 11.3 Å². The van der Waals surface area contributed by atoms with Gasteiger partial charge in [-0.1, -0.05) is 18.2 Å². The second-order valence-electron chi connectivity index (χ2n) is 6.00. The Hall–Kier alpha value is -1.98. The van der Waals surface area contributed by atoms with Gasteiger partial charge in [-0.3, -0.25) is 0 Å². The van der Waals surface area contributed by atoms with Crippen molar-refractivity contribution < 1.29 is 5.11 Å². The van der Waals surface area contributed by atoms with Gasteiger partial charge in [0.05, 0.1) is 10.4 Å². The van der Waals surface area contributed by atoms with E-state index in [4.69, 9.17) is 9.97 Å². The molecule has 0 bridgehead atoms. The first-order valence-electron chi connectivity index (χ1n) is 8.01. The molecule has 23 heavy (non-hydrogen) atoms. The van der Waals surface area contributed by atoms with E-state index in [9.17, 15) is 5.11 Å². The molecular formula is C18H19N3OS. The maximum atomic E-state index is 9.52. The molecule has 1 aliphatic rings. The highest BCUT2D eigenvalue weighted by Gasteiger charge is 2.23. The first-order valence-corrected chi connectivity index (χ1v) is 8.89. The number of nitrogens with zero attached hydrogens (tertiary/aromatic N) is 3. The van der Waals surface area contributed by atoms with Gasteiger partial charge in [-0.15, -0.1) is 11.3 Å². The zero-order valence-electron chi connectivity index (χ0n) is 12.9. The molecule has 0 amide bonds. The topological polar surface area (TPSA) is 49.2 Å². The Kier molecular flexibility index (Phi) is 3.97. The summed E-state index contributed by atoms with van der Waals surface area (Å²) in [6.45, 7) is 2.10. The Morgan fingerprint density at radius 1 is 1.17 bits per heavy atom. The van der Waals surface area contributed by atoms with Crippen molar-refractivity contribution in [3.8, 4) is 10.7 Å². The molecule has 0 aliphatic carbocycles. The lowest BCUT2D eigenvalue weighted by atomic mass is 9.99. The van der Waals surface area contributed by atoms with Gasteiger partial charge < -0.3 is 10.0 Å². The lowest BCUT2D eigenvalue weighted by molar-refractivity contribution is 0.208. The van der Waals surface area contributed by atoms with Crippen LogP contribution in [0, 0.1) is 5.92 Å². The van der Waals surface area contributed by atoms with Crippen molar-refractivity contribution in [2.75, 3.05) is 24.6 Å². The fraction of sp³-hybridized carbons (Fsp3) is 0.333. The smallest absolute Gasteiger partial charge is 0.172 e. The summed E-state index contributed by atoms with van der Waals surface area (Å²) in [5.41, 5.74) is 0.979.